The van der Waals surface area contributed by atoms with E-state index in [9.17, 15) is 8.42 Å². The van der Waals surface area contributed by atoms with Gasteiger partial charge in [0.1, 0.15) is 0 Å². The second-order valence-corrected chi connectivity index (χ2v) is 3.85. The van der Waals surface area contributed by atoms with Gasteiger partial charge in [0.2, 0.25) is 0 Å². The lowest BCUT2D eigenvalue weighted by molar-refractivity contribution is 0.490. The summed E-state index contributed by atoms with van der Waals surface area (Å²) in [5, 5.41) is -0.557. The Hall–Kier alpha value is -1.33. The van der Waals surface area contributed by atoms with E-state index in [0.717, 1.165) is 0 Å². The summed E-state index contributed by atoms with van der Waals surface area (Å²) >= 11 is 0. The van der Waals surface area contributed by atoms with Crippen LogP contribution in [0.25, 0.3) is 6.08 Å². The van der Waals surface area contributed by atoms with Crippen molar-refractivity contribution in [1.29, 1.82) is 0 Å². The summed E-state index contributed by atoms with van der Waals surface area (Å²) in [5.41, 5.74) is 5.73. The summed E-state index contributed by atoms with van der Waals surface area (Å²) in [6, 6.07) is 8.63. The maximum absolute atomic E-state index is 10.5. The Labute approximate surface area is 76.4 Å². The Morgan fingerprint density at radius 1 is 1.31 bits per heavy atom. The normalized spacial score (nSPS) is 12.8. The zero-order chi connectivity index (χ0) is 9.90. The highest BCUT2D eigenvalue weighted by Crippen LogP contribution is 2.05. The van der Waals surface area contributed by atoms with Gasteiger partial charge in [-0.05, 0) is 11.6 Å². The minimum Gasteiger partial charge on any atom is -0.387 e. The summed E-state index contributed by atoms with van der Waals surface area (Å²) in [4.78, 5) is 0. The Kier molecular flexibility index (Phi) is 2.69. The van der Waals surface area contributed by atoms with Gasteiger partial charge in [-0.2, -0.15) is 8.42 Å². The fourth-order valence-electron chi connectivity index (χ4n) is 0.788. The van der Waals surface area contributed by atoms with Gasteiger partial charge in [-0.15, -0.1) is 0 Å². The van der Waals surface area contributed by atoms with E-state index in [1.807, 2.05) is 0 Å². The van der Waals surface area contributed by atoms with Crippen LogP contribution in [0, 0.1) is 0 Å². The van der Waals surface area contributed by atoms with Crippen LogP contribution in [-0.2, 0) is 10.1 Å². The molecule has 0 spiro atoms. The second-order valence-electron chi connectivity index (χ2n) is 2.43. The molecule has 0 saturated heterocycles. The standard InChI is InChI=1S/C8H9NO3S/c9-8(13(10,11)12)6-7-4-2-1-3-5-7/h1-6H,9H2,(H,10,11,12). The monoisotopic (exact) mass is 199 g/mol. The number of hydrogen-bond donors (Lipinski definition) is 2. The lowest BCUT2D eigenvalue weighted by atomic mass is 10.2. The van der Waals surface area contributed by atoms with Crippen LogP contribution in [0.1, 0.15) is 5.56 Å². The summed E-state index contributed by atoms with van der Waals surface area (Å²) < 4.78 is 29.5. The van der Waals surface area contributed by atoms with E-state index in [1.165, 1.54) is 6.08 Å². The molecule has 0 aromatic heterocycles. The molecule has 0 aliphatic heterocycles. The molecule has 0 heterocycles. The van der Waals surface area contributed by atoms with Crippen molar-refractivity contribution in [2.45, 2.75) is 0 Å². The lowest BCUT2D eigenvalue weighted by Crippen LogP contribution is -2.09. The molecule has 0 amide bonds. The van der Waals surface area contributed by atoms with Gasteiger partial charge < -0.3 is 5.73 Å². The molecular weight excluding hydrogens is 190 g/mol. The van der Waals surface area contributed by atoms with Crippen molar-refractivity contribution in [1.82, 2.24) is 0 Å². The molecule has 0 radical (unpaired) electrons. The third-order valence-corrected chi connectivity index (χ3v) is 2.12. The average Bonchev–Trinajstić information content (AvgIpc) is 2.04. The highest BCUT2D eigenvalue weighted by atomic mass is 32.2. The van der Waals surface area contributed by atoms with Gasteiger partial charge in [0.25, 0.3) is 0 Å². The van der Waals surface area contributed by atoms with Crippen molar-refractivity contribution in [2.75, 3.05) is 0 Å². The fraction of sp³-hybridized carbons (Fsp3) is 0. The van der Waals surface area contributed by atoms with Crippen molar-refractivity contribution >= 4 is 16.2 Å². The van der Waals surface area contributed by atoms with Crippen LogP contribution in [0.3, 0.4) is 0 Å². The van der Waals surface area contributed by atoms with Gasteiger partial charge in [-0.25, -0.2) is 0 Å². The molecule has 4 nitrogen and oxygen atoms in total. The Morgan fingerprint density at radius 2 is 1.85 bits per heavy atom. The van der Waals surface area contributed by atoms with Gasteiger partial charge in [-0.1, -0.05) is 30.3 Å². The predicted molar refractivity (Wildman–Crippen MR) is 50.2 cm³/mol. The van der Waals surface area contributed by atoms with Gasteiger partial charge in [0.15, 0.2) is 5.03 Å². The summed E-state index contributed by atoms with van der Waals surface area (Å²) in [6.07, 6.45) is 1.19. The van der Waals surface area contributed by atoms with E-state index in [1.54, 1.807) is 30.3 Å². The van der Waals surface area contributed by atoms with Crippen LogP contribution in [0.5, 0.6) is 0 Å². The van der Waals surface area contributed by atoms with Gasteiger partial charge in [-0.3, -0.25) is 4.55 Å². The molecule has 0 aliphatic carbocycles. The molecule has 3 N–H and O–H groups in total. The predicted octanol–water partition coefficient (Wildman–Crippen LogP) is 0.832. The van der Waals surface area contributed by atoms with Gasteiger partial charge in [0.05, 0.1) is 0 Å². The van der Waals surface area contributed by atoms with Crippen LogP contribution < -0.4 is 5.73 Å². The van der Waals surface area contributed by atoms with Crippen LogP contribution >= 0.6 is 0 Å². The molecule has 0 saturated carbocycles. The molecule has 0 fully saturated rings. The van der Waals surface area contributed by atoms with Crippen molar-refractivity contribution in [2.24, 2.45) is 5.73 Å². The van der Waals surface area contributed by atoms with E-state index in [-0.39, 0.29) is 0 Å². The first-order chi connectivity index (χ1) is 6.00. The van der Waals surface area contributed by atoms with E-state index in [4.69, 9.17) is 10.3 Å². The van der Waals surface area contributed by atoms with Gasteiger partial charge >= 0.3 is 10.1 Å². The fourth-order valence-corrected chi connectivity index (χ4v) is 1.07. The molecule has 13 heavy (non-hydrogen) atoms. The first kappa shape index (κ1) is 9.76. The van der Waals surface area contributed by atoms with Crippen LogP contribution in [0.15, 0.2) is 35.4 Å². The third-order valence-electron chi connectivity index (χ3n) is 1.41. The van der Waals surface area contributed by atoms with E-state index in [2.05, 4.69) is 0 Å². The minimum absolute atomic E-state index is 0.557. The van der Waals surface area contributed by atoms with Crippen molar-refractivity contribution in [3.05, 3.63) is 40.9 Å². The number of rotatable bonds is 2. The Balaban J connectivity index is 3.04. The van der Waals surface area contributed by atoms with Crippen molar-refractivity contribution in [3.8, 4) is 0 Å². The molecule has 0 bridgehead atoms. The van der Waals surface area contributed by atoms with E-state index < -0.39 is 15.1 Å². The van der Waals surface area contributed by atoms with Crippen LogP contribution in [-0.4, -0.2) is 13.0 Å². The van der Waals surface area contributed by atoms with Crippen molar-refractivity contribution < 1.29 is 13.0 Å². The zero-order valence-corrected chi connectivity index (χ0v) is 7.53. The first-order valence-corrected chi connectivity index (χ1v) is 4.94. The molecule has 70 valence electrons. The third kappa shape index (κ3) is 2.89. The Morgan fingerprint density at radius 3 is 2.31 bits per heavy atom. The second kappa shape index (κ2) is 3.59. The number of benzene rings is 1. The topological polar surface area (TPSA) is 80.4 Å². The highest BCUT2D eigenvalue weighted by Gasteiger charge is 2.07. The van der Waals surface area contributed by atoms with E-state index in [0.29, 0.717) is 5.56 Å². The molecule has 1 rings (SSSR count). The summed E-state index contributed by atoms with van der Waals surface area (Å²) in [6.45, 7) is 0. The smallest absolute Gasteiger partial charge is 0.309 e. The SMILES string of the molecule is NC(=Cc1ccccc1)S(=O)(=O)O. The molecule has 0 unspecified atom stereocenters. The summed E-state index contributed by atoms with van der Waals surface area (Å²) in [5.74, 6) is 0. The largest absolute Gasteiger partial charge is 0.387 e. The zero-order valence-electron chi connectivity index (χ0n) is 6.71. The van der Waals surface area contributed by atoms with Crippen LogP contribution in [0.2, 0.25) is 0 Å². The highest BCUT2D eigenvalue weighted by molar-refractivity contribution is 7.89. The van der Waals surface area contributed by atoms with Crippen molar-refractivity contribution in [3.63, 3.8) is 0 Å². The Bertz CT molecular complexity index is 408. The molecule has 0 atom stereocenters. The average molecular weight is 199 g/mol. The molecule has 1 aromatic carbocycles. The molecule has 5 heteroatoms. The van der Waals surface area contributed by atoms with Crippen LogP contribution in [0.4, 0.5) is 0 Å². The summed E-state index contributed by atoms with van der Waals surface area (Å²) in [7, 11) is -4.26. The minimum atomic E-state index is -4.26. The quantitative estimate of drug-likeness (QED) is 0.691. The number of nitrogens with two attached hydrogens (primary N) is 1. The number of hydrogen-bond acceptors (Lipinski definition) is 3. The first-order valence-electron chi connectivity index (χ1n) is 3.50. The maximum Gasteiger partial charge on any atom is 0.309 e. The lowest BCUT2D eigenvalue weighted by Gasteiger charge is -1.96. The molecule has 1 aromatic rings. The van der Waals surface area contributed by atoms with E-state index >= 15 is 0 Å². The molecular formula is C8H9NO3S. The molecule has 0 aliphatic rings. The maximum atomic E-state index is 10.5. The van der Waals surface area contributed by atoms with Gasteiger partial charge in [0, 0.05) is 0 Å².